The average molecular weight is 372 g/mol. The molecule has 150 valence electrons. The largest absolute Gasteiger partial charge is 0.460 e. The standard InChI is InChI=1S/C19H32O7/c1-17(2,3)24-13(20)9-8-11-15-16(26-19(6,7)25-15)14(22-11)12-10-21-18(4,5)23-12/h11-12,14-16H,8-10H2,1-7H3/t11-,12-,14-,15-,16+/m1/s1. The van der Waals surface area contributed by atoms with Crippen LogP contribution >= 0.6 is 0 Å². The molecule has 0 aromatic carbocycles. The molecule has 0 radical (unpaired) electrons. The normalized spacial score (nSPS) is 38.3. The first-order valence-electron chi connectivity index (χ1n) is 9.40. The number of fused-ring (bicyclic) bond motifs is 1. The van der Waals surface area contributed by atoms with E-state index in [1.165, 1.54) is 0 Å². The van der Waals surface area contributed by atoms with Crippen molar-refractivity contribution in [2.45, 2.75) is 109 Å². The van der Waals surface area contributed by atoms with Crippen molar-refractivity contribution in [1.29, 1.82) is 0 Å². The van der Waals surface area contributed by atoms with Crippen molar-refractivity contribution in [3.63, 3.8) is 0 Å². The van der Waals surface area contributed by atoms with E-state index in [1.54, 1.807) is 0 Å². The van der Waals surface area contributed by atoms with Crippen LogP contribution in [-0.2, 0) is 33.2 Å². The topological polar surface area (TPSA) is 72.5 Å². The fourth-order valence-electron chi connectivity index (χ4n) is 3.78. The lowest BCUT2D eigenvalue weighted by Gasteiger charge is -2.27. The summed E-state index contributed by atoms with van der Waals surface area (Å²) in [5, 5.41) is 0. The summed E-state index contributed by atoms with van der Waals surface area (Å²) >= 11 is 0. The third-order valence-electron chi connectivity index (χ3n) is 4.64. The lowest BCUT2D eigenvalue weighted by atomic mass is 10.0. The van der Waals surface area contributed by atoms with Crippen molar-refractivity contribution >= 4 is 5.97 Å². The van der Waals surface area contributed by atoms with Crippen molar-refractivity contribution < 1.29 is 33.2 Å². The Balaban J connectivity index is 1.64. The summed E-state index contributed by atoms with van der Waals surface area (Å²) in [6, 6.07) is 0. The van der Waals surface area contributed by atoms with E-state index >= 15 is 0 Å². The van der Waals surface area contributed by atoms with Gasteiger partial charge < -0.3 is 28.4 Å². The van der Waals surface area contributed by atoms with Gasteiger partial charge in [-0.1, -0.05) is 0 Å². The molecule has 0 N–H and O–H groups in total. The van der Waals surface area contributed by atoms with Gasteiger partial charge in [0.2, 0.25) is 0 Å². The third-order valence-corrected chi connectivity index (χ3v) is 4.64. The maximum Gasteiger partial charge on any atom is 0.306 e. The Kier molecular flexibility index (Phi) is 5.16. The van der Waals surface area contributed by atoms with E-state index in [1.807, 2.05) is 48.5 Å². The van der Waals surface area contributed by atoms with Crippen LogP contribution in [0.2, 0.25) is 0 Å². The van der Waals surface area contributed by atoms with Crippen LogP contribution in [0.1, 0.15) is 61.3 Å². The zero-order valence-electron chi connectivity index (χ0n) is 16.9. The van der Waals surface area contributed by atoms with Crippen molar-refractivity contribution in [3.8, 4) is 0 Å². The van der Waals surface area contributed by atoms with E-state index in [0.717, 1.165) is 0 Å². The van der Waals surface area contributed by atoms with Crippen molar-refractivity contribution in [1.82, 2.24) is 0 Å². The molecule has 7 heteroatoms. The minimum Gasteiger partial charge on any atom is -0.460 e. The fourth-order valence-corrected chi connectivity index (χ4v) is 3.78. The highest BCUT2D eigenvalue weighted by atomic mass is 16.8. The van der Waals surface area contributed by atoms with Gasteiger partial charge in [-0.05, 0) is 54.9 Å². The monoisotopic (exact) mass is 372 g/mol. The Morgan fingerprint density at radius 2 is 1.65 bits per heavy atom. The Bertz CT molecular complexity index is 536. The molecule has 0 unspecified atom stereocenters. The van der Waals surface area contributed by atoms with Crippen LogP contribution in [0.5, 0.6) is 0 Å². The molecule has 3 fully saturated rings. The van der Waals surface area contributed by atoms with Crippen LogP contribution in [0.15, 0.2) is 0 Å². The molecule has 0 amide bonds. The van der Waals surface area contributed by atoms with Gasteiger partial charge in [0, 0.05) is 6.42 Å². The molecule has 0 aromatic heterocycles. The number of hydrogen-bond donors (Lipinski definition) is 0. The highest BCUT2D eigenvalue weighted by Crippen LogP contribution is 2.43. The van der Waals surface area contributed by atoms with Crippen molar-refractivity contribution in [3.05, 3.63) is 0 Å². The number of carbonyl (C=O) groups excluding carboxylic acids is 1. The Morgan fingerprint density at radius 3 is 2.23 bits per heavy atom. The van der Waals surface area contributed by atoms with E-state index in [4.69, 9.17) is 28.4 Å². The second-order valence-electron chi connectivity index (χ2n) is 9.20. The summed E-state index contributed by atoms with van der Waals surface area (Å²) in [4.78, 5) is 12.1. The predicted molar refractivity (Wildman–Crippen MR) is 92.5 cm³/mol. The lowest BCUT2D eigenvalue weighted by Crippen LogP contribution is -2.40. The molecule has 3 aliphatic rings. The molecule has 0 aromatic rings. The highest BCUT2D eigenvalue weighted by Gasteiger charge is 2.58. The van der Waals surface area contributed by atoms with E-state index in [9.17, 15) is 4.79 Å². The van der Waals surface area contributed by atoms with Gasteiger partial charge in [0.1, 0.15) is 30.0 Å². The molecule has 5 atom stereocenters. The Morgan fingerprint density at radius 1 is 1.00 bits per heavy atom. The van der Waals surface area contributed by atoms with Crippen LogP contribution in [0.3, 0.4) is 0 Å². The molecule has 0 saturated carbocycles. The summed E-state index contributed by atoms with van der Waals surface area (Å²) in [5.74, 6) is -1.55. The molecule has 7 nitrogen and oxygen atoms in total. The first kappa shape index (κ1) is 20.0. The van der Waals surface area contributed by atoms with Gasteiger partial charge in [0.25, 0.3) is 0 Å². The van der Waals surface area contributed by atoms with Crippen LogP contribution in [0.4, 0.5) is 0 Å². The van der Waals surface area contributed by atoms with Gasteiger partial charge in [-0.15, -0.1) is 0 Å². The summed E-state index contributed by atoms with van der Waals surface area (Å²) in [6.07, 6.45) is -0.431. The summed E-state index contributed by atoms with van der Waals surface area (Å²) in [6.45, 7) is 13.6. The molecule has 3 heterocycles. The van der Waals surface area contributed by atoms with Crippen LogP contribution in [0.25, 0.3) is 0 Å². The minimum atomic E-state index is -0.684. The third kappa shape index (κ3) is 4.57. The molecule has 26 heavy (non-hydrogen) atoms. The molecule has 0 bridgehead atoms. The predicted octanol–water partition coefficient (Wildman–Crippen LogP) is 2.55. The van der Waals surface area contributed by atoms with Crippen LogP contribution < -0.4 is 0 Å². The Labute approximate surface area is 155 Å². The number of carbonyl (C=O) groups is 1. The molecular formula is C19H32O7. The zero-order valence-corrected chi connectivity index (χ0v) is 16.9. The van der Waals surface area contributed by atoms with Gasteiger partial charge in [0.15, 0.2) is 11.6 Å². The molecule has 3 saturated heterocycles. The van der Waals surface area contributed by atoms with Crippen molar-refractivity contribution in [2.24, 2.45) is 0 Å². The van der Waals surface area contributed by atoms with Crippen molar-refractivity contribution in [2.75, 3.05) is 6.61 Å². The number of rotatable bonds is 4. The molecule has 0 aliphatic carbocycles. The average Bonchev–Trinajstić information content (AvgIpc) is 3.05. The van der Waals surface area contributed by atoms with E-state index < -0.39 is 17.2 Å². The van der Waals surface area contributed by atoms with E-state index in [-0.39, 0.29) is 42.9 Å². The second-order valence-corrected chi connectivity index (χ2v) is 9.20. The molecule has 3 rings (SSSR count). The number of ether oxygens (including phenoxy) is 6. The quantitative estimate of drug-likeness (QED) is 0.702. The smallest absolute Gasteiger partial charge is 0.306 e. The van der Waals surface area contributed by atoms with Crippen LogP contribution in [-0.4, -0.2) is 60.3 Å². The first-order chi connectivity index (χ1) is 11.9. The number of esters is 1. The van der Waals surface area contributed by atoms with Gasteiger partial charge >= 0.3 is 5.97 Å². The summed E-state index contributed by atoms with van der Waals surface area (Å²) < 4.78 is 35.4. The fraction of sp³-hybridized carbons (Fsp3) is 0.947. The second kappa shape index (κ2) is 6.71. The molecular weight excluding hydrogens is 340 g/mol. The maximum atomic E-state index is 12.1. The zero-order chi connectivity index (χ0) is 19.3. The lowest BCUT2D eigenvalue weighted by molar-refractivity contribution is -0.207. The highest BCUT2D eigenvalue weighted by molar-refractivity contribution is 5.69. The Hall–Kier alpha value is -0.730. The summed E-state index contributed by atoms with van der Waals surface area (Å²) in [7, 11) is 0. The van der Waals surface area contributed by atoms with Gasteiger partial charge in [0.05, 0.1) is 12.7 Å². The van der Waals surface area contributed by atoms with E-state index in [0.29, 0.717) is 13.0 Å². The van der Waals surface area contributed by atoms with Gasteiger partial charge in [-0.3, -0.25) is 4.79 Å². The SMILES string of the molecule is CC(C)(C)OC(=O)CC[C@H]1O[C@H]([C@H]2COC(C)(C)O2)[C@@H]2OC(C)(C)O[C@@H]21. The van der Waals surface area contributed by atoms with Gasteiger partial charge in [-0.25, -0.2) is 0 Å². The number of hydrogen-bond acceptors (Lipinski definition) is 7. The van der Waals surface area contributed by atoms with Gasteiger partial charge in [-0.2, -0.15) is 0 Å². The first-order valence-corrected chi connectivity index (χ1v) is 9.40. The minimum absolute atomic E-state index is 0.221. The molecule has 3 aliphatic heterocycles. The molecule has 0 spiro atoms. The van der Waals surface area contributed by atoms with E-state index in [2.05, 4.69) is 0 Å². The maximum absolute atomic E-state index is 12.1. The van der Waals surface area contributed by atoms with Crippen LogP contribution in [0, 0.1) is 0 Å². The summed E-state index contributed by atoms with van der Waals surface area (Å²) in [5.41, 5.74) is -0.492.